The van der Waals surface area contributed by atoms with Crippen LogP contribution in [0.2, 0.25) is 0 Å². The second kappa shape index (κ2) is 7.40. The molecular weight excluding hydrogens is 348 g/mol. The molecule has 2 aliphatic heterocycles. The third-order valence-electron chi connectivity index (χ3n) is 4.44. The number of hydrogen-bond acceptors (Lipinski definition) is 7. The molecule has 0 radical (unpaired) electrons. The number of aliphatic hydroxyl groups is 1. The van der Waals surface area contributed by atoms with E-state index in [0.717, 1.165) is 6.42 Å². The molecule has 0 aromatic heterocycles. The minimum atomic E-state index is -0.624. The number of carbonyl (C=O) groups is 2. The third kappa shape index (κ3) is 3.62. The highest BCUT2D eigenvalue weighted by Crippen LogP contribution is 2.41. The van der Waals surface area contributed by atoms with Gasteiger partial charge in [-0.2, -0.15) is 11.8 Å². The summed E-state index contributed by atoms with van der Waals surface area (Å²) in [6.45, 7) is 0.0156. The molecule has 2 heterocycles. The van der Waals surface area contributed by atoms with Gasteiger partial charge in [0.05, 0.1) is 11.5 Å². The Labute approximate surface area is 148 Å². The van der Waals surface area contributed by atoms with Crippen LogP contribution in [0.4, 0.5) is 5.69 Å². The fraction of sp³-hybridized carbons (Fsp3) is 0.500. The maximum atomic E-state index is 12.5. The van der Waals surface area contributed by atoms with Crippen LogP contribution < -0.4 is 0 Å². The number of nitro benzene ring substituents is 1. The number of benzene rings is 1. The standard InChI is InChI=1S/C16H18N2O6S/c19-5-6-25-13-7-12-8-14(20)17(12)15(13)16(21)24-9-10-1-3-11(4-2-10)18(22)23/h1-4,12-13,15,19H,5-9H2. The van der Waals surface area contributed by atoms with E-state index in [1.165, 1.54) is 36.0 Å². The van der Waals surface area contributed by atoms with Crippen LogP contribution in [0, 0.1) is 10.1 Å². The number of amides is 1. The van der Waals surface area contributed by atoms with Crippen molar-refractivity contribution in [2.24, 2.45) is 0 Å². The van der Waals surface area contributed by atoms with Crippen molar-refractivity contribution in [1.82, 2.24) is 4.90 Å². The Bertz CT molecular complexity index is 680. The summed E-state index contributed by atoms with van der Waals surface area (Å²) in [5.74, 6) is -0.00956. The van der Waals surface area contributed by atoms with E-state index in [2.05, 4.69) is 0 Å². The number of nitro groups is 1. The van der Waals surface area contributed by atoms with Gasteiger partial charge in [0.1, 0.15) is 12.6 Å². The van der Waals surface area contributed by atoms with Crippen LogP contribution in [-0.2, 0) is 20.9 Å². The Morgan fingerprint density at radius 3 is 2.72 bits per heavy atom. The van der Waals surface area contributed by atoms with Gasteiger partial charge in [-0.05, 0) is 24.1 Å². The fourth-order valence-electron chi connectivity index (χ4n) is 3.23. The zero-order chi connectivity index (χ0) is 18.0. The zero-order valence-corrected chi connectivity index (χ0v) is 14.2. The van der Waals surface area contributed by atoms with E-state index < -0.39 is 16.9 Å². The summed E-state index contributed by atoms with van der Waals surface area (Å²) < 4.78 is 5.35. The molecule has 1 amide bonds. The number of hydrogen-bond donors (Lipinski definition) is 1. The molecule has 134 valence electrons. The van der Waals surface area contributed by atoms with Crippen LogP contribution in [0.5, 0.6) is 0 Å². The molecule has 1 aromatic rings. The summed E-state index contributed by atoms with van der Waals surface area (Å²) in [5.41, 5.74) is 0.614. The summed E-state index contributed by atoms with van der Waals surface area (Å²) in [6.07, 6.45) is 1.19. The topological polar surface area (TPSA) is 110 Å². The third-order valence-corrected chi connectivity index (χ3v) is 5.74. The second-order valence-electron chi connectivity index (χ2n) is 6.00. The lowest BCUT2D eigenvalue weighted by Gasteiger charge is -2.37. The van der Waals surface area contributed by atoms with Crippen LogP contribution in [0.15, 0.2) is 24.3 Å². The molecule has 2 saturated heterocycles. The number of non-ortho nitro benzene ring substituents is 1. The predicted molar refractivity (Wildman–Crippen MR) is 89.9 cm³/mol. The molecule has 8 nitrogen and oxygen atoms in total. The highest BCUT2D eigenvalue weighted by molar-refractivity contribution is 8.00. The second-order valence-corrected chi connectivity index (χ2v) is 7.35. The number of esters is 1. The highest BCUT2D eigenvalue weighted by Gasteiger charge is 2.54. The number of β-lactam (4-membered cyclic amide) rings is 1. The number of ether oxygens (including phenoxy) is 1. The molecule has 25 heavy (non-hydrogen) atoms. The first kappa shape index (κ1) is 17.7. The Balaban J connectivity index is 1.62. The number of thioether (sulfide) groups is 1. The van der Waals surface area contributed by atoms with Crippen LogP contribution >= 0.6 is 11.8 Å². The zero-order valence-electron chi connectivity index (χ0n) is 13.4. The molecule has 0 saturated carbocycles. The van der Waals surface area contributed by atoms with E-state index in [4.69, 9.17) is 9.84 Å². The SMILES string of the molecule is O=C(OCc1ccc([N+](=O)[O-])cc1)C1C(SCCO)CC2CC(=O)N21. The Kier molecular flexibility index (Phi) is 5.24. The number of carbonyl (C=O) groups excluding carboxylic acids is 2. The van der Waals surface area contributed by atoms with Crippen molar-refractivity contribution >= 4 is 29.3 Å². The van der Waals surface area contributed by atoms with Crippen LogP contribution in [-0.4, -0.2) is 56.5 Å². The lowest BCUT2D eigenvalue weighted by molar-refractivity contribution is -0.384. The Morgan fingerprint density at radius 1 is 1.40 bits per heavy atom. The van der Waals surface area contributed by atoms with Crippen molar-refractivity contribution in [1.29, 1.82) is 0 Å². The molecule has 1 aromatic carbocycles. The smallest absolute Gasteiger partial charge is 0.330 e. The van der Waals surface area contributed by atoms with Gasteiger partial charge < -0.3 is 14.7 Å². The van der Waals surface area contributed by atoms with Gasteiger partial charge in [0.25, 0.3) is 5.69 Å². The molecule has 3 unspecified atom stereocenters. The van der Waals surface area contributed by atoms with E-state index in [1.54, 1.807) is 4.90 Å². The van der Waals surface area contributed by atoms with Gasteiger partial charge in [-0.15, -0.1) is 0 Å². The maximum Gasteiger partial charge on any atom is 0.330 e. The number of rotatable bonds is 7. The van der Waals surface area contributed by atoms with Gasteiger partial charge >= 0.3 is 5.97 Å². The maximum absolute atomic E-state index is 12.5. The monoisotopic (exact) mass is 366 g/mol. The van der Waals surface area contributed by atoms with Crippen LogP contribution in [0.3, 0.4) is 0 Å². The number of nitrogens with zero attached hydrogens (tertiary/aromatic N) is 2. The fourth-order valence-corrected chi connectivity index (χ4v) is 4.43. The number of fused-ring (bicyclic) bond motifs is 1. The van der Waals surface area contributed by atoms with Crippen molar-refractivity contribution in [2.75, 3.05) is 12.4 Å². The first-order chi connectivity index (χ1) is 12.0. The van der Waals surface area contributed by atoms with Gasteiger partial charge in [0.15, 0.2) is 0 Å². The van der Waals surface area contributed by atoms with Crippen molar-refractivity contribution in [3.05, 3.63) is 39.9 Å². The van der Waals surface area contributed by atoms with Gasteiger partial charge in [-0.1, -0.05) is 0 Å². The van der Waals surface area contributed by atoms with E-state index in [0.29, 0.717) is 17.7 Å². The Morgan fingerprint density at radius 2 is 2.12 bits per heavy atom. The van der Waals surface area contributed by atoms with E-state index in [9.17, 15) is 19.7 Å². The highest BCUT2D eigenvalue weighted by atomic mass is 32.2. The summed E-state index contributed by atoms with van der Waals surface area (Å²) in [7, 11) is 0. The van der Waals surface area contributed by atoms with E-state index in [-0.39, 0.29) is 36.1 Å². The van der Waals surface area contributed by atoms with Crippen molar-refractivity contribution in [3.63, 3.8) is 0 Å². The molecule has 0 aliphatic carbocycles. The molecule has 2 aliphatic rings. The molecule has 9 heteroatoms. The van der Waals surface area contributed by atoms with Crippen molar-refractivity contribution < 1.29 is 24.4 Å². The molecule has 0 bridgehead atoms. The lowest BCUT2D eigenvalue weighted by Crippen LogP contribution is -2.55. The summed E-state index contributed by atoms with van der Waals surface area (Å²) in [6, 6.07) is 5.24. The van der Waals surface area contributed by atoms with Gasteiger partial charge in [0.2, 0.25) is 5.91 Å². The number of aliphatic hydroxyl groups excluding tert-OH is 1. The largest absolute Gasteiger partial charge is 0.459 e. The molecule has 3 atom stereocenters. The average molecular weight is 366 g/mol. The van der Waals surface area contributed by atoms with Crippen LogP contribution in [0.25, 0.3) is 0 Å². The average Bonchev–Trinajstić information content (AvgIpc) is 2.90. The minimum absolute atomic E-state index is 0.00257. The summed E-state index contributed by atoms with van der Waals surface area (Å²) >= 11 is 1.48. The first-order valence-electron chi connectivity index (χ1n) is 7.95. The summed E-state index contributed by atoms with van der Waals surface area (Å²) in [4.78, 5) is 36.1. The van der Waals surface area contributed by atoms with Gasteiger partial charge in [0, 0.05) is 35.6 Å². The van der Waals surface area contributed by atoms with Crippen molar-refractivity contribution in [3.8, 4) is 0 Å². The molecule has 0 spiro atoms. The van der Waals surface area contributed by atoms with E-state index >= 15 is 0 Å². The van der Waals surface area contributed by atoms with Crippen LogP contribution in [0.1, 0.15) is 18.4 Å². The van der Waals surface area contributed by atoms with Gasteiger partial charge in [-0.3, -0.25) is 14.9 Å². The van der Waals surface area contributed by atoms with Gasteiger partial charge in [-0.25, -0.2) is 4.79 Å². The summed E-state index contributed by atoms with van der Waals surface area (Å²) in [5, 5.41) is 19.6. The molecule has 2 fully saturated rings. The van der Waals surface area contributed by atoms with Crippen molar-refractivity contribution in [2.45, 2.75) is 36.8 Å². The Hall–Kier alpha value is -2.13. The normalized spacial score (nSPS) is 24.6. The lowest BCUT2D eigenvalue weighted by atomic mass is 10.0. The molecule has 3 rings (SSSR count). The first-order valence-corrected chi connectivity index (χ1v) is 8.99. The molecule has 1 N–H and O–H groups in total. The van der Waals surface area contributed by atoms with E-state index in [1.807, 2.05) is 0 Å². The minimum Gasteiger partial charge on any atom is -0.459 e. The predicted octanol–water partition coefficient (Wildman–Crippen LogP) is 1.11. The quantitative estimate of drug-likeness (QED) is 0.333. The molecular formula is C16H18N2O6S.